The molecule has 0 saturated heterocycles. The highest BCUT2D eigenvalue weighted by Gasteiger charge is 2.10. The van der Waals surface area contributed by atoms with Crippen LogP contribution in [0, 0.1) is 0 Å². The van der Waals surface area contributed by atoms with Crippen molar-refractivity contribution in [2.75, 3.05) is 12.4 Å². The van der Waals surface area contributed by atoms with E-state index in [1.807, 2.05) is 12.1 Å². The molecule has 2 rings (SSSR count). The second kappa shape index (κ2) is 7.14. The Morgan fingerprint density at radius 1 is 1.33 bits per heavy atom. The summed E-state index contributed by atoms with van der Waals surface area (Å²) in [6.07, 6.45) is 3.06. The molecule has 1 heterocycles. The summed E-state index contributed by atoms with van der Waals surface area (Å²) in [6.45, 7) is 0. The number of aromatic nitrogens is 1. The van der Waals surface area contributed by atoms with Crippen LogP contribution in [0.5, 0.6) is 5.75 Å². The molecule has 5 nitrogen and oxygen atoms in total. The van der Waals surface area contributed by atoms with E-state index in [0.717, 1.165) is 4.47 Å². The van der Waals surface area contributed by atoms with Crippen LogP contribution < -0.4 is 15.4 Å². The fourth-order valence-electron chi connectivity index (χ4n) is 1.61. The van der Waals surface area contributed by atoms with Gasteiger partial charge in [-0.1, -0.05) is 12.1 Å². The van der Waals surface area contributed by atoms with Gasteiger partial charge in [-0.3, -0.25) is 15.1 Å². The number of carbonyl (C=O) groups excluding carboxylic acids is 1. The lowest BCUT2D eigenvalue weighted by Crippen LogP contribution is -2.34. The number of carbonyl (C=O) groups is 1. The number of hydrogen-bond acceptors (Lipinski definition) is 4. The van der Waals surface area contributed by atoms with E-state index in [0.29, 0.717) is 17.0 Å². The normalized spacial score (nSPS) is 9.81. The van der Waals surface area contributed by atoms with Crippen LogP contribution in [-0.2, 0) is 0 Å². The SMILES string of the molecule is COc1ccccc1NC(=S)NC(=O)c1cncc(Br)c1. The molecular formula is C14H12BrN3O2S. The maximum Gasteiger partial charge on any atom is 0.259 e. The summed E-state index contributed by atoms with van der Waals surface area (Å²) in [6, 6.07) is 8.95. The lowest BCUT2D eigenvalue weighted by Gasteiger charge is -2.12. The molecule has 0 aliphatic carbocycles. The summed E-state index contributed by atoms with van der Waals surface area (Å²) in [5.41, 5.74) is 1.09. The molecule has 21 heavy (non-hydrogen) atoms. The van der Waals surface area contributed by atoms with Crippen molar-refractivity contribution in [2.24, 2.45) is 0 Å². The maximum absolute atomic E-state index is 12.0. The predicted octanol–water partition coefficient (Wildman–Crippen LogP) is 2.98. The van der Waals surface area contributed by atoms with Crippen LogP contribution in [0.2, 0.25) is 0 Å². The van der Waals surface area contributed by atoms with Crippen molar-refractivity contribution < 1.29 is 9.53 Å². The van der Waals surface area contributed by atoms with Gasteiger partial charge in [0.15, 0.2) is 5.11 Å². The number of nitrogens with zero attached hydrogens (tertiary/aromatic N) is 1. The van der Waals surface area contributed by atoms with Gasteiger partial charge in [0.25, 0.3) is 5.91 Å². The minimum absolute atomic E-state index is 0.185. The molecule has 7 heteroatoms. The van der Waals surface area contributed by atoms with Crippen LogP contribution in [0.4, 0.5) is 5.69 Å². The van der Waals surface area contributed by atoms with Gasteiger partial charge in [0, 0.05) is 16.9 Å². The van der Waals surface area contributed by atoms with Crippen molar-refractivity contribution in [3.8, 4) is 5.75 Å². The molecule has 2 aromatic rings. The molecule has 0 spiro atoms. The van der Waals surface area contributed by atoms with E-state index in [4.69, 9.17) is 17.0 Å². The zero-order chi connectivity index (χ0) is 15.2. The Kier molecular flexibility index (Phi) is 5.24. The monoisotopic (exact) mass is 365 g/mol. The topological polar surface area (TPSA) is 63.2 Å². The third-order valence-corrected chi connectivity index (χ3v) is 3.19. The summed E-state index contributed by atoms with van der Waals surface area (Å²) in [7, 11) is 1.56. The third-order valence-electron chi connectivity index (χ3n) is 2.55. The lowest BCUT2D eigenvalue weighted by molar-refractivity contribution is 0.0977. The average molecular weight is 366 g/mol. The summed E-state index contributed by atoms with van der Waals surface area (Å²) in [5.74, 6) is 0.300. The van der Waals surface area contributed by atoms with E-state index in [9.17, 15) is 4.79 Å². The molecule has 0 fully saturated rings. The van der Waals surface area contributed by atoms with Gasteiger partial charge < -0.3 is 10.1 Å². The van der Waals surface area contributed by atoms with E-state index in [2.05, 4.69) is 31.5 Å². The first-order chi connectivity index (χ1) is 10.1. The molecule has 0 radical (unpaired) electrons. The zero-order valence-corrected chi connectivity index (χ0v) is 13.5. The van der Waals surface area contributed by atoms with E-state index < -0.39 is 0 Å². The minimum atomic E-state index is -0.337. The minimum Gasteiger partial charge on any atom is -0.495 e. The number of amides is 1. The van der Waals surface area contributed by atoms with E-state index >= 15 is 0 Å². The van der Waals surface area contributed by atoms with Gasteiger partial charge in [0.2, 0.25) is 0 Å². The third kappa shape index (κ3) is 4.24. The molecule has 0 aliphatic rings. The highest BCUT2D eigenvalue weighted by atomic mass is 79.9. The van der Waals surface area contributed by atoms with Gasteiger partial charge in [-0.2, -0.15) is 0 Å². The van der Waals surface area contributed by atoms with Crippen LogP contribution >= 0.6 is 28.1 Å². The van der Waals surface area contributed by atoms with Gasteiger partial charge in [0.05, 0.1) is 18.4 Å². The fourth-order valence-corrected chi connectivity index (χ4v) is 2.18. The van der Waals surface area contributed by atoms with Crippen molar-refractivity contribution in [3.63, 3.8) is 0 Å². The maximum atomic E-state index is 12.0. The number of thiocarbonyl (C=S) groups is 1. The van der Waals surface area contributed by atoms with Crippen molar-refractivity contribution in [1.29, 1.82) is 0 Å². The second-order valence-corrected chi connectivity index (χ2v) is 5.32. The van der Waals surface area contributed by atoms with Crippen molar-refractivity contribution in [1.82, 2.24) is 10.3 Å². The highest BCUT2D eigenvalue weighted by molar-refractivity contribution is 9.10. The van der Waals surface area contributed by atoms with E-state index in [-0.39, 0.29) is 11.0 Å². The second-order valence-electron chi connectivity index (χ2n) is 4.00. The number of methoxy groups -OCH3 is 1. The molecule has 0 saturated carbocycles. The molecular weight excluding hydrogens is 354 g/mol. The van der Waals surface area contributed by atoms with E-state index in [1.165, 1.54) is 6.20 Å². The van der Waals surface area contributed by atoms with Gasteiger partial charge in [-0.25, -0.2) is 0 Å². The molecule has 0 unspecified atom stereocenters. The molecule has 1 aromatic heterocycles. The van der Waals surface area contributed by atoms with E-state index in [1.54, 1.807) is 31.5 Å². The Morgan fingerprint density at radius 2 is 2.10 bits per heavy atom. The number of nitrogens with one attached hydrogen (secondary N) is 2. The number of para-hydroxylation sites is 2. The lowest BCUT2D eigenvalue weighted by atomic mass is 10.3. The first kappa shape index (κ1) is 15.4. The molecule has 0 bridgehead atoms. The van der Waals surface area contributed by atoms with Gasteiger partial charge >= 0.3 is 0 Å². The summed E-state index contributed by atoms with van der Waals surface area (Å²) < 4.78 is 5.92. The Balaban J connectivity index is 2.03. The first-order valence-corrected chi connectivity index (χ1v) is 7.16. The Hall–Kier alpha value is -1.99. The Morgan fingerprint density at radius 3 is 2.81 bits per heavy atom. The number of rotatable bonds is 3. The average Bonchev–Trinajstić information content (AvgIpc) is 2.47. The Bertz CT molecular complexity index is 679. The summed E-state index contributed by atoms with van der Waals surface area (Å²) in [5, 5.41) is 5.69. The highest BCUT2D eigenvalue weighted by Crippen LogP contribution is 2.22. The van der Waals surface area contributed by atoms with Crippen LogP contribution in [-0.4, -0.2) is 23.1 Å². The summed E-state index contributed by atoms with van der Waals surface area (Å²) >= 11 is 8.38. The van der Waals surface area contributed by atoms with Crippen LogP contribution in [0.15, 0.2) is 47.2 Å². The van der Waals surface area contributed by atoms with Gasteiger partial charge in [-0.15, -0.1) is 0 Å². The molecule has 1 amide bonds. The quantitative estimate of drug-likeness (QED) is 0.818. The number of hydrogen-bond donors (Lipinski definition) is 2. The number of benzene rings is 1. The molecule has 1 aromatic carbocycles. The number of halogens is 1. The summed E-state index contributed by atoms with van der Waals surface area (Å²) in [4.78, 5) is 16.0. The van der Waals surface area contributed by atoms with Crippen LogP contribution in [0.25, 0.3) is 0 Å². The number of ether oxygens (including phenoxy) is 1. The smallest absolute Gasteiger partial charge is 0.259 e. The molecule has 0 aliphatic heterocycles. The largest absolute Gasteiger partial charge is 0.495 e. The van der Waals surface area contributed by atoms with Crippen LogP contribution in [0.1, 0.15) is 10.4 Å². The molecule has 2 N–H and O–H groups in total. The predicted molar refractivity (Wildman–Crippen MR) is 88.6 cm³/mol. The Labute approximate surface area is 135 Å². The first-order valence-electron chi connectivity index (χ1n) is 5.96. The van der Waals surface area contributed by atoms with Crippen LogP contribution in [0.3, 0.4) is 0 Å². The zero-order valence-electron chi connectivity index (χ0n) is 11.1. The van der Waals surface area contributed by atoms with Crippen molar-refractivity contribution in [3.05, 3.63) is 52.8 Å². The molecule has 108 valence electrons. The fraction of sp³-hybridized carbons (Fsp3) is 0.0714. The standard InChI is InChI=1S/C14H12BrN3O2S/c1-20-12-5-3-2-4-11(12)17-14(21)18-13(19)9-6-10(15)8-16-7-9/h2-8H,1H3,(H2,17,18,19,21). The van der Waals surface area contributed by atoms with Gasteiger partial charge in [-0.05, 0) is 46.3 Å². The van der Waals surface area contributed by atoms with Crippen molar-refractivity contribution in [2.45, 2.75) is 0 Å². The molecule has 0 atom stereocenters. The number of pyridine rings is 1. The van der Waals surface area contributed by atoms with Crippen molar-refractivity contribution >= 4 is 44.9 Å². The number of anilines is 1. The van der Waals surface area contributed by atoms with Gasteiger partial charge in [0.1, 0.15) is 5.75 Å².